The van der Waals surface area contributed by atoms with Crippen molar-refractivity contribution in [2.45, 2.75) is 52.6 Å². The lowest BCUT2D eigenvalue weighted by atomic mass is 9.87. The van der Waals surface area contributed by atoms with Crippen LogP contribution in [0.5, 0.6) is 5.75 Å². The highest BCUT2D eigenvalue weighted by Crippen LogP contribution is 2.25. The monoisotopic (exact) mass is 353 g/mol. The van der Waals surface area contributed by atoms with Crippen LogP contribution in [0.25, 0.3) is 0 Å². The summed E-state index contributed by atoms with van der Waals surface area (Å²) in [6.07, 6.45) is -0.0596. The number of amides is 1. The quantitative estimate of drug-likeness (QED) is 0.745. The summed E-state index contributed by atoms with van der Waals surface area (Å²) in [5, 5.41) is 2.83. The van der Waals surface area contributed by atoms with Crippen LogP contribution in [0.1, 0.15) is 57.0 Å². The van der Waals surface area contributed by atoms with E-state index in [0.29, 0.717) is 23.4 Å². The fraction of sp³-hybridized carbons (Fsp3) is 0.364. The van der Waals surface area contributed by atoms with E-state index in [1.165, 1.54) is 12.5 Å². The van der Waals surface area contributed by atoms with E-state index in [4.69, 9.17) is 4.74 Å². The molecule has 4 nitrogen and oxygen atoms in total. The molecule has 0 spiro atoms. The maximum absolute atomic E-state index is 12.5. The molecule has 1 amide bonds. The van der Waals surface area contributed by atoms with E-state index in [1.54, 1.807) is 24.3 Å². The summed E-state index contributed by atoms with van der Waals surface area (Å²) in [6, 6.07) is 14.7. The van der Waals surface area contributed by atoms with Crippen LogP contribution in [0.2, 0.25) is 0 Å². The van der Waals surface area contributed by atoms with Gasteiger partial charge in [-0.25, -0.2) is 0 Å². The fourth-order valence-corrected chi connectivity index (χ4v) is 2.56. The van der Waals surface area contributed by atoms with Gasteiger partial charge in [-0.1, -0.05) is 52.0 Å². The molecular formula is C22H27NO3. The minimum atomic E-state index is -0.600. The Morgan fingerprint density at radius 3 is 2.27 bits per heavy atom. The average molecular weight is 353 g/mol. The summed E-state index contributed by atoms with van der Waals surface area (Å²) in [5.74, 6) is 0.397. The third kappa shape index (κ3) is 5.19. The van der Waals surface area contributed by atoms with Gasteiger partial charge in [-0.05, 0) is 48.6 Å². The van der Waals surface area contributed by atoms with Crippen LogP contribution in [0.15, 0.2) is 48.5 Å². The van der Waals surface area contributed by atoms with Gasteiger partial charge in [0, 0.05) is 11.3 Å². The molecule has 2 rings (SSSR count). The molecule has 0 saturated heterocycles. The molecule has 0 bridgehead atoms. The molecular weight excluding hydrogens is 326 g/mol. The van der Waals surface area contributed by atoms with Gasteiger partial charge in [0.2, 0.25) is 0 Å². The molecule has 0 aromatic heterocycles. The van der Waals surface area contributed by atoms with Gasteiger partial charge in [-0.3, -0.25) is 9.59 Å². The van der Waals surface area contributed by atoms with Crippen molar-refractivity contribution in [2.75, 3.05) is 5.32 Å². The lowest BCUT2D eigenvalue weighted by Crippen LogP contribution is -2.32. The van der Waals surface area contributed by atoms with E-state index < -0.39 is 6.10 Å². The standard InChI is InChI=1S/C22H27NO3/c1-6-20(26-19-12-10-17(11-13-19)22(3,4)5)21(25)23-18-9-7-8-16(14-18)15(2)24/h7-14,20H,6H2,1-5H3,(H,23,25)/t20-/m1/s1. The number of hydrogen-bond donors (Lipinski definition) is 1. The molecule has 26 heavy (non-hydrogen) atoms. The molecule has 2 aromatic rings. The van der Waals surface area contributed by atoms with Crippen molar-refractivity contribution >= 4 is 17.4 Å². The van der Waals surface area contributed by atoms with E-state index >= 15 is 0 Å². The topological polar surface area (TPSA) is 55.4 Å². The summed E-state index contributed by atoms with van der Waals surface area (Å²) in [4.78, 5) is 24.0. The van der Waals surface area contributed by atoms with Gasteiger partial charge in [-0.15, -0.1) is 0 Å². The Morgan fingerprint density at radius 2 is 1.73 bits per heavy atom. The zero-order valence-electron chi connectivity index (χ0n) is 16.1. The summed E-state index contributed by atoms with van der Waals surface area (Å²) >= 11 is 0. The van der Waals surface area contributed by atoms with Gasteiger partial charge >= 0.3 is 0 Å². The zero-order valence-corrected chi connectivity index (χ0v) is 16.1. The third-order valence-electron chi connectivity index (χ3n) is 4.20. The number of hydrogen-bond acceptors (Lipinski definition) is 3. The van der Waals surface area contributed by atoms with E-state index in [-0.39, 0.29) is 17.1 Å². The second kappa shape index (κ2) is 8.17. The van der Waals surface area contributed by atoms with Gasteiger partial charge in [0.1, 0.15) is 5.75 Å². The lowest BCUT2D eigenvalue weighted by molar-refractivity contribution is -0.122. The minimum Gasteiger partial charge on any atom is -0.481 e. The van der Waals surface area contributed by atoms with Crippen molar-refractivity contribution in [1.29, 1.82) is 0 Å². The molecule has 1 N–H and O–H groups in total. The van der Waals surface area contributed by atoms with Gasteiger partial charge in [0.05, 0.1) is 0 Å². The lowest BCUT2D eigenvalue weighted by Gasteiger charge is -2.21. The van der Waals surface area contributed by atoms with Crippen LogP contribution in [0, 0.1) is 0 Å². The van der Waals surface area contributed by atoms with Crippen molar-refractivity contribution in [3.8, 4) is 5.75 Å². The maximum Gasteiger partial charge on any atom is 0.265 e. The van der Waals surface area contributed by atoms with Crippen molar-refractivity contribution in [2.24, 2.45) is 0 Å². The van der Waals surface area contributed by atoms with Crippen LogP contribution < -0.4 is 10.1 Å². The Labute approximate surface area is 155 Å². The number of ether oxygens (including phenoxy) is 1. The fourth-order valence-electron chi connectivity index (χ4n) is 2.56. The van der Waals surface area contributed by atoms with Crippen molar-refractivity contribution < 1.29 is 14.3 Å². The van der Waals surface area contributed by atoms with Crippen molar-refractivity contribution in [3.05, 3.63) is 59.7 Å². The molecule has 138 valence electrons. The highest BCUT2D eigenvalue weighted by atomic mass is 16.5. The normalized spacial score (nSPS) is 12.3. The molecule has 0 heterocycles. The molecule has 0 saturated carbocycles. The van der Waals surface area contributed by atoms with Crippen LogP contribution in [-0.2, 0) is 10.2 Å². The largest absolute Gasteiger partial charge is 0.481 e. The number of Topliss-reactive ketones (excluding diaryl/α,β-unsaturated/α-hetero) is 1. The molecule has 0 aliphatic carbocycles. The van der Waals surface area contributed by atoms with Crippen LogP contribution in [0.4, 0.5) is 5.69 Å². The number of carbonyl (C=O) groups excluding carboxylic acids is 2. The van der Waals surface area contributed by atoms with Gasteiger partial charge < -0.3 is 10.1 Å². The predicted octanol–water partition coefficient (Wildman–Crippen LogP) is 4.98. The highest BCUT2D eigenvalue weighted by molar-refractivity contribution is 5.98. The summed E-state index contributed by atoms with van der Waals surface area (Å²) < 4.78 is 5.86. The van der Waals surface area contributed by atoms with Crippen molar-refractivity contribution in [1.82, 2.24) is 0 Å². The predicted molar refractivity (Wildman–Crippen MR) is 105 cm³/mol. The Bertz CT molecular complexity index is 773. The minimum absolute atomic E-state index is 0.0386. The SMILES string of the molecule is CC[C@@H](Oc1ccc(C(C)(C)C)cc1)C(=O)Nc1cccc(C(C)=O)c1. The molecule has 1 atom stereocenters. The number of nitrogens with one attached hydrogen (secondary N) is 1. The van der Waals surface area contributed by atoms with E-state index in [1.807, 2.05) is 31.2 Å². The average Bonchev–Trinajstić information content (AvgIpc) is 2.59. The molecule has 0 radical (unpaired) electrons. The Hall–Kier alpha value is -2.62. The maximum atomic E-state index is 12.5. The molecule has 0 aliphatic heterocycles. The summed E-state index contributed by atoms with van der Waals surface area (Å²) in [6.45, 7) is 9.86. The number of rotatable bonds is 6. The number of carbonyl (C=O) groups is 2. The Morgan fingerprint density at radius 1 is 1.08 bits per heavy atom. The van der Waals surface area contributed by atoms with E-state index in [2.05, 4.69) is 26.1 Å². The Balaban J connectivity index is 2.07. The number of benzene rings is 2. The number of anilines is 1. The third-order valence-corrected chi connectivity index (χ3v) is 4.20. The first-order chi connectivity index (χ1) is 12.2. The second-order valence-electron chi connectivity index (χ2n) is 7.42. The van der Waals surface area contributed by atoms with Crippen LogP contribution in [0.3, 0.4) is 0 Å². The van der Waals surface area contributed by atoms with Crippen LogP contribution >= 0.6 is 0 Å². The van der Waals surface area contributed by atoms with Crippen molar-refractivity contribution in [3.63, 3.8) is 0 Å². The molecule has 4 heteroatoms. The first-order valence-electron chi connectivity index (χ1n) is 8.89. The van der Waals surface area contributed by atoms with Gasteiger partial charge in [0.15, 0.2) is 11.9 Å². The smallest absolute Gasteiger partial charge is 0.265 e. The first kappa shape index (κ1) is 19.7. The van der Waals surface area contributed by atoms with Gasteiger partial charge in [-0.2, -0.15) is 0 Å². The molecule has 2 aromatic carbocycles. The summed E-state index contributed by atoms with van der Waals surface area (Å²) in [5.41, 5.74) is 2.44. The Kier molecular flexibility index (Phi) is 6.19. The molecule has 0 unspecified atom stereocenters. The number of ketones is 1. The second-order valence-corrected chi connectivity index (χ2v) is 7.42. The zero-order chi connectivity index (χ0) is 19.3. The van der Waals surface area contributed by atoms with Gasteiger partial charge in [0.25, 0.3) is 5.91 Å². The molecule has 0 fully saturated rings. The van der Waals surface area contributed by atoms with E-state index in [0.717, 1.165) is 0 Å². The van der Waals surface area contributed by atoms with E-state index in [9.17, 15) is 9.59 Å². The first-order valence-corrected chi connectivity index (χ1v) is 8.89. The van der Waals surface area contributed by atoms with Crippen LogP contribution in [-0.4, -0.2) is 17.8 Å². The highest BCUT2D eigenvalue weighted by Gasteiger charge is 2.19. The molecule has 0 aliphatic rings. The summed E-state index contributed by atoms with van der Waals surface area (Å²) in [7, 11) is 0.